The van der Waals surface area contributed by atoms with E-state index >= 15 is 0 Å². The van der Waals surface area contributed by atoms with Crippen molar-refractivity contribution in [2.45, 2.75) is 55.9 Å². The lowest BCUT2D eigenvalue weighted by molar-refractivity contribution is 0.517. The lowest BCUT2D eigenvalue weighted by atomic mass is 9.94. The monoisotopic (exact) mass is 198 g/mol. The van der Waals surface area contributed by atoms with Crippen LogP contribution in [0.3, 0.4) is 0 Å². The smallest absolute Gasteiger partial charge is 0.0388 e. The molecule has 2 heteroatoms. The van der Waals surface area contributed by atoms with E-state index in [4.69, 9.17) is 0 Å². The minimum atomic E-state index is -0.501. The lowest BCUT2D eigenvalue weighted by Crippen LogP contribution is -2.36. The van der Waals surface area contributed by atoms with Gasteiger partial charge in [-0.15, -0.1) is 0 Å². The summed E-state index contributed by atoms with van der Waals surface area (Å²) >= 11 is 0. The molecule has 2 aliphatic heterocycles. The molecule has 0 radical (unpaired) electrons. The van der Waals surface area contributed by atoms with Gasteiger partial charge in [-0.2, -0.15) is 0 Å². The number of fused-ring (bicyclic) bond motifs is 2. The maximum absolute atomic E-state index is 11.8. The number of hydrogen-bond acceptors (Lipinski definition) is 1. The maximum atomic E-state index is 11.8. The summed E-state index contributed by atoms with van der Waals surface area (Å²) in [6.07, 6.45) is 9.44. The molecule has 0 aromatic carbocycles. The first kappa shape index (κ1) is 9.45. The van der Waals surface area contributed by atoms with Gasteiger partial charge in [-0.3, -0.25) is 4.21 Å². The van der Waals surface area contributed by atoms with Gasteiger partial charge in [0.25, 0.3) is 0 Å². The largest absolute Gasteiger partial charge is 0.259 e. The Hall–Kier alpha value is -0.110. The topological polar surface area (TPSA) is 17.1 Å². The number of hydrogen-bond donors (Lipinski definition) is 0. The molecule has 2 aliphatic rings. The Labute approximate surface area is 83.1 Å². The zero-order valence-corrected chi connectivity index (χ0v) is 9.11. The molecule has 2 atom stereocenters. The van der Waals surface area contributed by atoms with Gasteiger partial charge in [-0.1, -0.05) is 25.0 Å². The maximum Gasteiger partial charge on any atom is 0.0388 e. The van der Waals surface area contributed by atoms with Crippen LogP contribution >= 0.6 is 0 Å². The van der Waals surface area contributed by atoms with Gasteiger partial charge >= 0.3 is 0 Å². The summed E-state index contributed by atoms with van der Waals surface area (Å²) in [5.41, 5.74) is 1.58. The van der Waals surface area contributed by atoms with Gasteiger partial charge in [0.2, 0.25) is 0 Å². The van der Waals surface area contributed by atoms with E-state index in [1.54, 1.807) is 5.57 Å². The fourth-order valence-electron chi connectivity index (χ4n) is 2.57. The highest BCUT2D eigenvalue weighted by molar-refractivity contribution is 7.86. The quantitative estimate of drug-likeness (QED) is 0.592. The minimum Gasteiger partial charge on any atom is -0.259 e. The molecule has 2 fully saturated rings. The minimum absolute atomic E-state index is 0.501. The summed E-state index contributed by atoms with van der Waals surface area (Å²) in [5.74, 6) is 0. The van der Waals surface area contributed by atoms with Crippen LogP contribution in [0.4, 0.5) is 0 Å². The Morgan fingerprint density at radius 1 is 1.38 bits per heavy atom. The zero-order valence-electron chi connectivity index (χ0n) is 8.29. The van der Waals surface area contributed by atoms with Crippen LogP contribution in [0.2, 0.25) is 0 Å². The second-order valence-electron chi connectivity index (χ2n) is 4.18. The van der Waals surface area contributed by atoms with E-state index in [-0.39, 0.29) is 0 Å². The van der Waals surface area contributed by atoms with E-state index in [0.717, 1.165) is 19.3 Å². The lowest BCUT2D eigenvalue weighted by Gasteiger charge is -2.35. The number of rotatable bonds is 1. The van der Waals surface area contributed by atoms with E-state index in [2.05, 4.69) is 13.0 Å². The van der Waals surface area contributed by atoms with Crippen molar-refractivity contribution in [2.75, 3.05) is 0 Å². The molecule has 74 valence electrons. The van der Waals surface area contributed by atoms with E-state index in [9.17, 15) is 4.21 Å². The molecular formula is C11H18OS. The first-order valence-corrected chi connectivity index (χ1v) is 6.66. The third kappa shape index (κ3) is 1.88. The van der Waals surface area contributed by atoms with Gasteiger partial charge in [-0.05, 0) is 32.1 Å². The SMILES string of the molecule is CCC=C1CC2CCCC(C1)S2=O. The predicted molar refractivity (Wildman–Crippen MR) is 57.2 cm³/mol. The molecule has 2 rings (SSSR count). The van der Waals surface area contributed by atoms with E-state index in [0.29, 0.717) is 10.5 Å². The highest BCUT2D eigenvalue weighted by Crippen LogP contribution is 2.36. The molecule has 2 unspecified atom stereocenters. The molecule has 1 nitrogen and oxygen atoms in total. The van der Waals surface area contributed by atoms with Crippen LogP contribution in [0.25, 0.3) is 0 Å². The third-order valence-electron chi connectivity index (χ3n) is 3.18. The first-order valence-electron chi connectivity index (χ1n) is 5.38. The Balaban J connectivity index is 2.12. The van der Waals surface area contributed by atoms with Crippen molar-refractivity contribution in [1.82, 2.24) is 0 Å². The summed E-state index contributed by atoms with van der Waals surface area (Å²) in [5, 5.41) is 1.01. The first-order chi connectivity index (χ1) is 6.31. The molecule has 2 heterocycles. The van der Waals surface area contributed by atoms with Gasteiger partial charge in [0, 0.05) is 21.3 Å². The Morgan fingerprint density at radius 3 is 2.54 bits per heavy atom. The van der Waals surface area contributed by atoms with Crippen molar-refractivity contribution >= 4 is 10.8 Å². The van der Waals surface area contributed by atoms with Gasteiger partial charge < -0.3 is 0 Å². The summed E-state index contributed by atoms with van der Waals surface area (Å²) in [7, 11) is -0.501. The molecule has 0 aromatic rings. The standard InChI is InChI=1S/C11H18OS/c1-2-4-9-7-10-5-3-6-11(8-9)13(10)12/h4,10-11H,2-3,5-8H2,1H3. The van der Waals surface area contributed by atoms with Gasteiger partial charge in [0.15, 0.2) is 0 Å². The highest BCUT2D eigenvalue weighted by Gasteiger charge is 2.34. The Morgan fingerprint density at radius 2 is 2.00 bits per heavy atom. The molecule has 2 bridgehead atoms. The summed E-state index contributed by atoms with van der Waals surface area (Å²) in [4.78, 5) is 0. The molecule has 0 spiro atoms. The van der Waals surface area contributed by atoms with Crippen LogP contribution in [0.1, 0.15) is 45.4 Å². The summed E-state index contributed by atoms with van der Waals surface area (Å²) in [6, 6.07) is 0. The molecule has 13 heavy (non-hydrogen) atoms. The third-order valence-corrected chi connectivity index (χ3v) is 5.30. The average Bonchev–Trinajstić information content (AvgIpc) is 2.07. The molecule has 0 saturated carbocycles. The predicted octanol–water partition coefficient (Wildman–Crippen LogP) is 2.79. The Kier molecular flexibility index (Phi) is 2.87. The van der Waals surface area contributed by atoms with Crippen LogP contribution < -0.4 is 0 Å². The molecule has 0 aliphatic carbocycles. The van der Waals surface area contributed by atoms with Gasteiger partial charge in [0.05, 0.1) is 0 Å². The molecule has 0 N–H and O–H groups in total. The van der Waals surface area contributed by atoms with E-state index < -0.39 is 10.8 Å². The zero-order chi connectivity index (χ0) is 9.26. The van der Waals surface area contributed by atoms with Crippen molar-refractivity contribution < 1.29 is 4.21 Å². The normalized spacial score (nSPS) is 38.8. The van der Waals surface area contributed by atoms with Gasteiger partial charge in [0.1, 0.15) is 0 Å². The van der Waals surface area contributed by atoms with Crippen molar-refractivity contribution in [3.05, 3.63) is 11.6 Å². The van der Waals surface area contributed by atoms with Crippen LogP contribution in [-0.2, 0) is 10.8 Å². The van der Waals surface area contributed by atoms with Crippen molar-refractivity contribution in [3.8, 4) is 0 Å². The van der Waals surface area contributed by atoms with Crippen molar-refractivity contribution in [1.29, 1.82) is 0 Å². The molecule has 0 aromatic heterocycles. The van der Waals surface area contributed by atoms with Crippen molar-refractivity contribution in [3.63, 3.8) is 0 Å². The van der Waals surface area contributed by atoms with Crippen LogP contribution in [0, 0.1) is 0 Å². The van der Waals surface area contributed by atoms with E-state index in [1.807, 2.05) is 0 Å². The van der Waals surface area contributed by atoms with E-state index in [1.165, 1.54) is 19.3 Å². The molecule has 2 saturated heterocycles. The Bertz CT molecular complexity index is 226. The summed E-state index contributed by atoms with van der Waals surface area (Å²) < 4.78 is 11.8. The second-order valence-corrected chi connectivity index (χ2v) is 6.17. The van der Waals surface area contributed by atoms with Crippen molar-refractivity contribution in [2.24, 2.45) is 0 Å². The molecule has 0 amide bonds. The van der Waals surface area contributed by atoms with Crippen LogP contribution in [-0.4, -0.2) is 14.7 Å². The van der Waals surface area contributed by atoms with Crippen LogP contribution in [0.15, 0.2) is 11.6 Å². The highest BCUT2D eigenvalue weighted by atomic mass is 32.2. The fraction of sp³-hybridized carbons (Fsp3) is 0.818. The average molecular weight is 198 g/mol. The fourth-order valence-corrected chi connectivity index (χ4v) is 4.67. The van der Waals surface area contributed by atoms with Crippen LogP contribution in [0.5, 0.6) is 0 Å². The molecular weight excluding hydrogens is 180 g/mol. The van der Waals surface area contributed by atoms with Gasteiger partial charge in [-0.25, -0.2) is 0 Å². The second kappa shape index (κ2) is 3.95. The number of allylic oxidation sites excluding steroid dienone is 2. The summed E-state index contributed by atoms with van der Waals surface area (Å²) in [6.45, 7) is 2.19.